The minimum absolute atomic E-state index is 0.0200. The van der Waals surface area contributed by atoms with Crippen molar-refractivity contribution in [2.45, 2.75) is 57.6 Å². The van der Waals surface area contributed by atoms with Crippen molar-refractivity contribution in [2.75, 3.05) is 13.7 Å². The van der Waals surface area contributed by atoms with E-state index in [0.717, 1.165) is 11.3 Å². The van der Waals surface area contributed by atoms with Crippen LogP contribution in [-0.4, -0.2) is 59.7 Å². The Morgan fingerprint density at radius 1 is 1.18 bits per heavy atom. The maximum absolute atomic E-state index is 12.5. The van der Waals surface area contributed by atoms with E-state index in [1.807, 2.05) is 24.3 Å². The lowest BCUT2D eigenvalue weighted by atomic mass is 10.0. The number of nitrogens with zero attached hydrogens (tertiary/aromatic N) is 1. The highest BCUT2D eigenvalue weighted by Gasteiger charge is 2.42. The lowest BCUT2D eigenvalue weighted by Gasteiger charge is -2.26. The number of aromatic nitrogens is 2. The predicted molar refractivity (Wildman–Crippen MR) is 125 cm³/mol. The number of H-pyrrole nitrogens is 1. The molecule has 0 bridgehead atoms. The highest BCUT2D eigenvalue weighted by molar-refractivity contribution is 6.40. The fraction of sp³-hybridized carbons (Fsp3) is 0.500. The molecule has 1 aromatic heterocycles. The third-order valence-corrected chi connectivity index (χ3v) is 5.55. The van der Waals surface area contributed by atoms with Gasteiger partial charge in [-0.05, 0) is 44.9 Å². The first-order chi connectivity index (χ1) is 16.0. The van der Waals surface area contributed by atoms with Crippen LogP contribution in [-0.2, 0) is 27.2 Å². The molecular weight excluding hydrogens is 487 g/mol. The zero-order valence-corrected chi connectivity index (χ0v) is 20.8. The minimum Gasteiger partial charge on any atom is -0.497 e. The SMILES string of the molecule is COc1ccc(C[C@H]2NC[C@H](OC(=O)OC(C)(C)C)[C@H]2OC(=O)NCc2nc(Cl)c(Cl)[nH]2)cc1. The first-order valence-electron chi connectivity index (χ1n) is 10.6. The molecule has 34 heavy (non-hydrogen) atoms. The van der Waals surface area contributed by atoms with Crippen LogP contribution in [0.5, 0.6) is 5.75 Å². The van der Waals surface area contributed by atoms with E-state index in [4.69, 9.17) is 42.1 Å². The summed E-state index contributed by atoms with van der Waals surface area (Å²) in [7, 11) is 1.60. The van der Waals surface area contributed by atoms with Gasteiger partial charge in [-0.25, -0.2) is 14.6 Å². The Kier molecular flexibility index (Phi) is 8.51. The number of benzene rings is 1. The van der Waals surface area contributed by atoms with Gasteiger partial charge in [0.2, 0.25) is 0 Å². The number of imidazole rings is 1. The molecule has 1 aliphatic rings. The van der Waals surface area contributed by atoms with Crippen LogP contribution in [0.1, 0.15) is 32.2 Å². The van der Waals surface area contributed by atoms with Gasteiger partial charge in [-0.15, -0.1) is 0 Å². The zero-order chi connectivity index (χ0) is 24.9. The number of hydrogen-bond acceptors (Lipinski definition) is 8. The number of carbonyl (C=O) groups excluding carboxylic acids is 2. The van der Waals surface area contributed by atoms with E-state index in [-0.39, 0.29) is 22.9 Å². The van der Waals surface area contributed by atoms with Crippen molar-refractivity contribution in [3.05, 3.63) is 46.0 Å². The van der Waals surface area contributed by atoms with Crippen molar-refractivity contribution in [3.63, 3.8) is 0 Å². The van der Waals surface area contributed by atoms with Gasteiger partial charge in [0.05, 0.1) is 19.7 Å². The van der Waals surface area contributed by atoms with E-state index in [1.54, 1.807) is 27.9 Å². The summed E-state index contributed by atoms with van der Waals surface area (Å²) < 4.78 is 21.6. The molecule has 186 valence electrons. The normalized spacial score (nSPS) is 20.0. The number of alkyl carbamates (subject to hydrolysis) is 1. The second kappa shape index (κ2) is 11.2. The Bertz CT molecular complexity index is 973. The lowest BCUT2D eigenvalue weighted by molar-refractivity contribution is -0.0518. The summed E-state index contributed by atoms with van der Waals surface area (Å²) in [4.78, 5) is 31.5. The molecule has 0 radical (unpaired) electrons. The van der Waals surface area contributed by atoms with Gasteiger partial charge in [0.15, 0.2) is 17.4 Å². The van der Waals surface area contributed by atoms with Crippen LogP contribution in [0.25, 0.3) is 0 Å². The highest BCUT2D eigenvalue weighted by Crippen LogP contribution is 2.23. The van der Waals surface area contributed by atoms with Gasteiger partial charge in [0, 0.05) is 6.54 Å². The molecular formula is C22H28Cl2N4O6. The fourth-order valence-corrected chi connectivity index (χ4v) is 3.71. The number of methoxy groups -OCH3 is 1. The van der Waals surface area contributed by atoms with Gasteiger partial charge in [-0.1, -0.05) is 35.3 Å². The monoisotopic (exact) mass is 514 g/mol. The Hall–Kier alpha value is -2.69. The number of rotatable bonds is 7. The van der Waals surface area contributed by atoms with Crippen molar-refractivity contribution in [2.24, 2.45) is 0 Å². The smallest absolute Gasteiger partial charge is 0.497 e. The van der Waals surface area contributed by atoms with Crippen molar-refractivity contribution in [3.8, 4) is 5.75 Å². The maximum Gasteiger partial charge on any atom is 0.509 e. The van der Waals surface area contributed by atoms with E-state index in [0.29, 0.717) is 18.8 Å². The molecule has 0 spiro atoms. The molecule has 2 aromatic rings. The zero-order valence-electron chi connectivity index (χ0n) is 19.3. The Morgan fingerprint density at radius 2 is 1.88 bits per heavy atom. The average Bonchev–Trinajstić information content (AvgIpc) is 3.28. The summed E-state index contributed by atoms with van der Waals surface area (Å²) in [5.74, 6) is 1.10. The summed E-state index contributed by atoms with van der Waals surface area (Å²) in [5, 5.41) is 6.15. The number of hydrogen-bond donors (Lipinski definition) is 3. The minimum atomic E-state index is -0.835. The maximum atomic E-state index is 12.5. The predicted octanol–water partition coefficient (Wildman–Crippen LogP) is 3.85. The number of amides is 1. The summed E-state index contributed by atoms with van der Waals surface area (Å²) in [6.45, 7) is 5.53. The molecule has 10 nitrogen and oxygen atoms in total. The summed E-state index contributed by atoms with van der Waals surface area (Å²) >= 11 is 11.7. The summed E-state index contributed by atoms with van der Waals surface area (Å²) in [5.41, 5.74) is 0.273. The topological polar surface area (TPSA) is 124 Å². The molecule has 1 amide bonds. The third-order valence-electron chi connectivity index (χ3n) is 4.91. The number of aromatic amines is 1. The molecule has 1 aromatic carbocycles. The van der Waals surface area contributed by atoms with Gasteiger partial charge in [-0.3, -0.25) is 0 Å². The second-order valence-corrected chi connectivity index (χ2v) is 9.44. The highest BCUT2D eigenvalue weighted by atomic mass is 35.5. The Labute approximate surface area is 207 Å². The molecule has 0 unspecified atom stereocenters. The van der Waals surface area contributed by atoms with Crippen molar-refractivity contribution < 1.29 is 28.5 Å². The van der Waals surface area contributed by atoms with Crippen molar-refractivity contribution >= 4 is 35.5 Å². The van der Waals surface area contributed by atoms with Crippen molar-refractivity contribution in [1.29, 1.82) is 0 Å². The second-order valence-electron chi connectivity index (χ2n) is 8.70. The van der Waals surface area contributed by atoms with E-state index in [2.05, 4.69) is 20.6 Å². The van der Waals surface area contributed by atoms with E-state index >= 15 is 0 Å². The van der Waals surface area contributed by atoms with Crippen LogP contribution < -0.4 is 15.4 Å². The van der Waals surface area contributed by atoms with Crippen LogP contribution in [0.2, 0.25) is 10.3 Å². The van der Waals surface area contributed by atoms with Gasteiger partial charge in [0.1, 0.15) is 22.3 Å². The van der Waals surface area contributed by atoms with Crippen LogP contribution in [0, 0.1) is 0 Å². The van der Waals surface area contributed by atoms with Gasteiger partial charge in [0.25, 0.3) is 0 Å². The number of halogens is 2. The average molecular weight is 515 g/mol. The van der Waals surface area contributed by atoms with Crippen LogP contribution in [0.3, 0.4) is 0 Å². The van der Waals surface area contributed by atoms with Gasteiger partial charge >= 0.3 is 12.2 Å². The van der Waals surface area contributed by atoms with Crippen LogP contribution in [0.4, 0.5) is 9.59 Å². The lowest BCUT2D eigenvalue weighted by Crippen LogP contribution is -2.43. The number of ether oxygens (including phenoxy) is 4. The molecule has 1 aliphatic heterocycles. The first-order valence-corrected chi connectivity index (χ1v) is 11.4. The van der Waals surface area contributed by atoms with E-state index < -0.39 is 30.1 Å². The van der Waals surface area contributed by atoms with E-state index in [1.165, 1.54) is 0 Å². The number of nitrogens with one attached hydrogen (secondary N) is 3. The summed E-state index contributed by atoms with van der Waals surface area (Å²) in [6, 6.07) is 7.23. The van der Waals surface area contributed by atoms with Gasteiger partial charge in [-0.2, -0.15) is 0 Å². The molecule has 2 heterocycles. The van der Waals surface area contributed by atoms with Crippen LogP contribution in [0.15, 0.2) is 24.3 Å². The van der Waals surface area contributed by atoms with Crippen molar-refractivity contribution in [1.82, 2.24) is 20.6 Å². The molecule has 1 fully saturated rings. The molecule has 0 saturated carbocycles. The number of carbonyl (C=O) groups is 2. The Balaban J connectivity index is 1.67. The van der Waals surface area contributed by atoms with Gasteiger partial charge < -0.3 is 34.6 Å². The third kappa shape index (κ3) is 7.41. The molecule has 1 saturated heterocycles. The first kappa shape index (κ1) is 25.9. The quantitative estimate of drug-likeness (QED) is 0.475. The largest absolute Gasteiger partial charge is 0.509 e. The Morgan fingerprint density at radius 3 is 2.47 bits per heavy atom. The molecule has 3 atom stereocenters. The molecule has 12 heteroatoms. The molecule has 0 aliphatic carbocycles. The summed E-state index contributed by atoms with van der Waals surface area (Å²) in [6.07, 6.45) is -2.53. The fourth-order valence-electron chi connectivity index (χ4n) is 3.41. The standard InChI is InChI=1S/C22H28Cl2N4O6/c1-22(2,3)34-21(30)32-15-10-25-14(9-12-5-7-13(31-4)8-6-12)17(15)33-20(29)26-11-16-27-18(23)19(24)28-16/h5-8,14-15,17,25H,9-11H2,1-4H3,(H,26,29)(H,27,28)/t14-,15+,17+/m1/s1. The molecule has 3 rings (SSSR count). The van der Waals surface area contributed by atoms with E-state index in [9.17, 15) is 9.59 Å². The van der Waals surface area contributed by atoms with Crippen LogP contribution >= 0.6 is 23.2 Å². The molecule has 3 N–H and O–H groups in total.